The summed E-state index contributed by atoms with van der Waals surface area (Å²) in [5, 5.41) is 25.3. The predicted molar refractivity (Wildman–Crippen MR) is 142 cm³/mol. The number of hydrazine groups is 1. The molecule has 1 heterocycles. The van der Waals surface area contributed by atoms with E-state index >= 15 is 0 Å². The third-order valence-electron chi connectivity index (χ3n) is 6.56. The van der Waals surface area contributed by atoms with Crippen molar-refractivity contribution in [2.75, 3.05) is 33.2 Å². The van der Waals surface area contributed by atoms with Crippen LogP contribution in [-0.2, 0) is 4.74 Å². The van der Waals surface area contributed by atoms with Gasteiger partial charge in [0, 0.05) is 24.7 Å². The van der Waals surface area contributed by atoms with Crippen molar-refractivity contribution in [3.63, 3.8) is 0 Å². The van der Waals surface area contributed by atoms with E-state index in [0.717, 1.165) is 32.5 Å². The molecule has 9 nitrogen and oxygen atoms in total. The van der Waals surface area contributed by atoms with Gasteiger partial charge < -0.3 is 4.74 Å². The van der Waals surface area contributed by atoms with Gasteiger partial charge in [0.15, 0.2) is 11.6 Å². The van der Waals surface area contributed by atoms with Crippen LogP contribution in [0, 0.1) is 5.92 Å². The highest BCUT2D eigenvalue weighted by atomic mass is 16.6. The van der Waals surface area contributed by atoms with Gasteiger partial charge in [0.1, 0.15) is 0 Å². The first kappa shape index (κ1) is 29.9. The van der Waals surface area contributed by atoms with Gasteiger partial charge in [0.05, 0.1) is 6.54 Å². The lowest BCUT2D eigenvalue weighted by Gasteiger charge is -2.64. The summed E-state index contributed by atoms with van der Waals surface area (Å²) in [7, 11) is 2.00. The van der Waals surface area contributed by atoms with Gasteiger partial charge in [-0.1, -0.05) is 40.5 Å². The molecule has 2 atom stereocenters. The van der Waals surface area contributed by atoms with Crippen LogP contribution >= 0.6 is 0 Å². The third kappa shape index (κ3) is 7.11. The highest BCUT2D eigenvalue weighted by Gasteiger charge is 2.65. The maximum absolute atomic E-state index is 7.30. The molecule has 2 unspecified atom stereocenters. The Hall–Kier alpha value is -0.360. The SMILES string of the molecule is CCCCNC1(NC2CCC2)CN(NC)C(NC(C)C)(NC(C)C)C(NCC)(NCC(C)C)O1. The normalized spacial score (nSPS) is 28.2. The minimum Gasteiger partial charge on any atom is -0.307 e. The average molecular weight is 485 g/mol. The van der Waals surface area contributed by atoms with Crippen LogP contribution in [0.5, 0.6) is 0 Å². The largest absolute Gasteiger partial charge is 0.307 e. The van der Waals surface area contributed by atoms with Crippen LogP contribution in [0.25, 0.3) is 0 Å². The van der Waals surface area contributed by atoms with Crippen LogP contribution < -0.4 is 37.3 Å². The van der Waals surface area contributed by atoms with Crippen molar-refractivity contribution < 1.29 is 4.74 Å². The fourth-order valence-electron chi connectivity index (χ4n) is 4.94. The molecule has 0 aromatic carbocycles. The van der Waals surface area contributed by atoms with E-state index in [1.807, 2.05) is 7.05 Å². The van der Waals surface area contributed by atoms with E-state index in [2.05, 4.69) is 97.7 Å². The molecule has 34 heavy (non-hydrogen) atoms. The van der Waals surface area contributed by atoms with Gasteiger partial charge in [-0.3, -0.25) is 37.3 Å². The minimum atomic E-state index is -0.933. The molecule has 0 bridgehead atoms. The second-order valence-corrected chi connectivity index (χ2v) is 11.1. The van der Waals surface area contributed by atoms with Gasteiger partial charge >= 0.3 is 0 Å². The first-order chi connectivity index (χ1) is 16.1. The fourth-order valence-corrected chi connectivity index (χ4v) is 4.94. The van der Waals surface area contributed by atoms with Gasteiger partial charge in [-0.15, -0.1) is 0 Å². The Kier molecular flexibility index (Phi) is 11.6. The molecule has 0 spiro atoms. The molecule has 2 rings (SSSR count). The van der Waals surface area contributed by atoms with Crippen molar-refractivity contribution in [3.05, 3.63) is 0 Å². The number of likely N-dealkylation sites (N-methyl/N-ethyl adjacent to an activating group) is 1. The average Bonchev–Trinajstić information content (AvgIpc) is 2.71. The summed E-state index contributed by atoms with van der Waals surface area (Å²) in [5.74, 6) is -1.94. The van der Waals surface area contributed by atoms with Gasteiger partial charge in [-0.2, -0.15) is 0 Å². The van der Waals surface area contributed by atoms with Crippen molar-refractivity contribution in [2.45, 2.75) is 123 Å². The molecular weight excluding hydrogens is 428 g/mol. The number of rotatable bonds is 16. The molecule has 1 aliphatic carbocycles. The van der Waals surface area contributed by atoms with Crippen LogP contribution in [0.4, 0.5) is 0 Å². The highest BCUT2D eigenvalue weighted by molar-refractivity contribution is 5.09. The fraction of sp³-hybridized carbons (Fsp3) is 1.00. The molecule has 0 amide bonds. The number of hydrogen-bond acceptors (Lipinski definition) is 9. The van der Waals surface area contributed by atoms with Gasteiger partial charge in [0.2, 0.25) is 5.85 Å². The van der Waals surface area contributed by atoms with E-state index in [0.29, 0.717) is 18.5 Å². The van der Waals surface area contributed by atoms with Crippen molar-refractivity contribution in [1.82, 2.24) is 42.3 Å². The first-order valence-electron chi connectivity index (χ1n) is 13.8. The molecule has 9 heteroatoms. The van der Waals surface area contributed by atoms with Crippen molar-refractivity contribution in [2.24, 2.45) is 5.92 Å². The highest BCUT2D eigenvalue weighted by Crippen LogP contribution is 2.35. The molecule has 0 aromatic rings. The lowest BCUT2D eigenvalue weighted by Crippen LogP contribution is -2.96. The van der Waals surface area contributed by atoms with E-state index in [1.54, 1.807) is 0 Å². The van der Waals surface area contributed by atoms with E-state index in [-0.39, 0.29) is 12.1 Å². The zero-order chi connectivity index (χ0) is 25.4. The molecule has 2 fully saturated rings. The third-order valence-corrected chi connectivity index (χ3v) is 6.56. The van der Waals surface area contributed by atoms with E-state index < -0.39 is 17.5 Å². The molecular formula is C25H56N8O. The zero-order valence-electron chi connectivity index (χ0n) is 23.5. The number of morpholine rings is 1. The quantitative estimate of drug-likeness (QED) is 0.131. The Labute approximate surface area is 209 Å². The van der Waals surface area contributed by atoms with Gasteiger partial charge in [0.25, 0.3) is 0 Å². The topological polar surface area (TPSA) is 96.7 Å². The summed E-state index contributed by atoms with van der Waals surface area (Å²) < 4.78 is 7.30. The Bertz CT molecular complexity index is 575. The van der Waals surface area contributed by atoms with E-state index in [4.69, 9.17) is 4.74 Å². The zero-order valence-corrected chi connectivity index (χ0v) is 23.5. The summed E-state index contributed by atoms with van der Waals surface area (Å²) in [6.07, 6.45) is 5.89. The molecule has 2 aliphatic rings. The molecule has 1 aliphatic heterocycles. The molecule has 0 radical (unpaired) electrons. The van der Waals surface area contributed by atoms with Crippen LogP contribution in [0.2, 0.25) is 0 Å². The maximum Gasteiger partial charge on any atom is 0.226 e. The molecule has 1 saturated heterocycles. The molecule has 1 saturated carbocycles. The summed E-state index contributed by atoms with van der Waals surface area (Å²) in [6.45, 7) is 20.6. The number of hydrogen-bond donors (Lipinski definition) is 7. The molecule has 0 aromatic heterocycles. The van der Waals surface area contributed by atoms with Gasteiger partial charge in [-0.05, 0) is 73.0 Å². The smallest absolute Gasteiger partial charge is 0.226 e. The summed E-state index contributed by atoms with van der Waals surface area (Å²) >= 11 is 0. The second-order valence-electron chi connectivity index (χ2n) is 11.1. The maximum atomic E-state index is 7.30. The van der Waals surface area contributed by atoms with Gasteiger partial charge in [-0.25, -0.2) is 5.01 Å². The van der Waals surface area contributed by atoms with Crippen molar-refractivity contribution in [1.29, 1.82) is 0 Å². The Morgan fingerprint density at radius 2 is 1.59 bits per heavy atom. The Balaban J connectivity index is 2.63. The number of nitrogens with one attached hydrogen (secondary N) is 7. The van der Waals surface area contributed by atoms with Crippen molar-refractivity contribution in [3.8, 4) is 0 Å². The predicted octanol–water partition coefficient (Wildman–Crippen LogP) is 1.80. The van der Waals surface area contributed by atoms with E-state index in [9.17, 15) is 0 Å². The number of ether oxygens (including phenoxy) is 1. The van der Waals surface area contributed by atoms with Crippen LogP contribution in [0.1, 0.15) is 87.5 Å². The lowest BCUT2D eigenvalue weighted by molar-refractivity contribution is -0.346. The van der Waals surface area contributed by atoms with Crippen LogP contribution in [-0.4, -0.2) is 73.8 Å². The van der Waals surface area contributed by atoms with Crippen molar-refractivity contribution >= 4 is 0 Å². The van der Waals surface area contributed by atoms with Crippen LogP contribution in [0.3, 0.4) is 0 Å². The molecule has 202 valence electrons. The standard InChI is InChI=1S/C25H56N8O/c1-10-12-16-28-23(32-22-14-13-15-22)18-33(26-9)24(30-20(5)6,31-21(7)8)25(34-23,27-11-2)29-17-19(3)4/h19-22,26-32H,10-18H2,1-9H3. The van der Waals surface area contributed by atoms with E-state index in [1.165, 1.54) is 19.3 Å². The summed E-state index contributed by atoms with van der Waals surface area (Å²) in [4.78, 5) is 0. The number of unbranched alkanes of at least 4 members (excludes halogenated alkanes) is 1. The second kappa shape index (κ2) is 13.3. The van der Waals surface area contributed by atoms with Crippen LogP contribution in [0.15, 0.2) is 0 Å². The monoisotopic (exact) mass is 484 g/mol. The summed E-state index contributed by atoms with van der Waals surface area (Å²) in [6, 6.07) is 0.885. The minimum absolute atomic E-state index is 0.213. The number of nitrogens with zero attached hydrogens (tertiary/aromatic N) is 1. The molecule has 7 N–H and O–H groups in total. The first-order valence-corrected chi connectivity index (χ1v) is 13.8. The Morgan fingerprint density at radius 1 is 0.941 bits per heavy atom. The summed E-state index contributed by atoms with van der Waals surface area (Å²) in [5.41, 5.74) is 3.53. The lowest BCUT2D eigenvalue weighted by atomic mass is 9.92. The Morgan fingerprint density at radius 3 is 2.03 bits per heavy atom.